The quantitative estimate of drug-likeness (QED) is 0.846. The molecule has 2 aromatic rings. The average molecular weight is 350 g/mol. The van der Waals surface area contributed by atoms with Gasteiger partial charge in [0.25, 0.3) is 0 Å². The van der Waals surface area contributed by atoms with Gasteiger partial charge in [0, 0.05) is 36.6 Å². The highest BCUT2D eigenvalue weighted by Gasteiger charge is 2.32. The lowest BCUT2D eigenvalue weighted by molar-refractivity contribution is -0.117. The van der Waals surface area contributed by atoms with Crippen molar-refractivity contribution in [2.45, 2.75) is 13.3 Å². The Morgan fingerprint density at radius 3 is 3.00 bits per heavy atom. The molecule has 0 saturated carbocycles. The number of carbonyl (C=O) groups excluding carboxylic acids is 2. The van der Waals surface area contributed by atoms with Gasteiger partial charge in [0.15, 0.2) is 10.2 Å². The molecule has 1 amide bonds. The van der Waals surface area contributed by atoms with Gasteiger partial charge >= 0.3 is 0 Å². The summed E-state index contributed by atoms with van der Waals surface area (Å²) in [4.78, 5) is 29.3. The van der Waals surface area contributed by atoms with E-state index in [1.165, 1.54) is 36.1 Å². The van der Waals surface area contributed by atoms with E-state index >= 15 is 0 Å². The van der Waals surface area contributed by atoms with Crippen LogP contribution in [-0.2, 0) is 9.59 Å². The van der Waals surface area contributed by atoms with Crippen molar-refractivity contribution in [1.82, 2.24) is 4.98 Å². The van der Waals surface area contributed by atoms with Crippen LogP contribution in [0.25, 0.3) is 11.3 Å². The van der Waals surface area contributed by atoms with E-state index in [-0.39, 0.29) is 22.8 Å². The predicted molar refractivity (Wildman–Crippen MR) is 91.1 cm³/mol. The lowest BCUT2D eigenvalue weighted by Gasteiger charge is -2.12. The fourth-order valence-electron chi connectivity index (χ4n) is 2.49. The van der Waals surface area contributed by atoms with Gasteiger partial charge in [-0.1, -0.05) is 23.9 Å². The molecule has 0 spiro atoms. The Morgan fingerprint density at radius 2 is 2.26 bits per heavy atom. The lowest BCUT2D eigenvalue weighted by Crippen LogP contribution is -2.24. The maximum atomic E-state index is 13.8. The Balaban J connectivity index is 1.74. The van der Waals surface area contributed by atoms with Gasteiger partial charge in [-0.2, -0.15) is 0 Å². The van der Waals surface area contributed by atoms with Crippen molar-refractivity contribution in [3.63, 3.8) is 0 Å². The SMILES string of the molecule is CC(=O)SCC1CC(=O)N(c2nc(-c3ccccc3F)cs2)C1. The van der Waals surface area contributed by atoms with Gasteiger partial charge in [-0.15, -0.1) is 11.3 Å². The molecule has 1 atom stereocenters. The normalized spacial score (nSPS) is 17.7. The molecule has 1 aliphatic heterocycles. The van der Waals surface area contributed by atoms with E-state index in [0.717, 1.165) is 0 Å². The molecule has 7 heteroatoms. The third-order valence-corrected chi connectivity index (χ3v) is 5.51. The molecule has 1 aromatic heterocycles. The summed E-state index contributed by atoms with van der Waals surface area (Å²) in [5.41, 5.74) is 0.975. The van der Waals surface area contributed by atoms with E-state index in [2.05, 4.69) is 4.98 Å². The second-order valence-electron chi connectivity index (χ2n) is 5.37. The van der Waals surface area contributed by atoms with Crippen LogP contribution in [0.3, 0.4) is 0 Å². The first kappa shape index (κ1) is 16.1. The van der Waals surface area contributed by atoms with Crippen molar-refractivity contribution < 1.29 is 14.0 Å². The highest BCUT2D eigenvalue weighted by atomic mass is 32.2. The van der Waals surface area contributed by atoms with Crippen molar-refractivity contribution >= 4 is 39.3 Å². The van der Waals surface area contributed by atoms with Crippen LogP contribution in [-0.4, -0.2) is 28.3 Å². The topological polar surface area (TPSA) is 50.3 Å². The zero-order chi connectivity index (χ0) is 16.4. The standard InChI is InChI=1S/C16H15FN2O2S2/c1-10(20)22-8-11-6-15(21)19(7-11)16-18-14(9-23-16)12-4-2-3-5-13(12)17/h2-5,9,11H,6-8H2,1H3. The lowest BCUT2D eigenvalue weighted by atomic mass is 10.1. The van der Waals surface area contributed by atoms with Gasteiger partial charge < -0.3 is 0 Å². The van der Waals surface area contributed by atoms with Crippen LogP contribution in [0.4, 0.5) is 9.52 Å². The molecular formula is C16H15FN2O2S2. The number of halogens is 1. The van der Waals surface area contributed by atoms with E-state index in [4.69, 9.17) is 0 Å². The van der Waals surface area contributed by atoms with Crippen molar-refractivity contribution in [2.24, 2.45) is 5.92 Å². The Bertz CT molecular complexity index is 747. The largest absolute Gasteiger partial charge is 0.288 e. The second-order valence-corrected chi connectivity index (χ2v) is 7.41. The van der Waals surface area contributed by atoms with E-state index in [1.54, 1.807) is 28.5 Å². The van der Waals surface area contributed by atoms with Crippen molar-refractivity contribution in [2.75, 3.05) is 17.2 Å². The summed E-state index contributed by atoms with van der Waals surface area (Å²) in [7, 11) is 0. The zero-order valence-electron chi connectivity index (χ0n) is 12.5. The molecule has 4 nitrogen and oxygen atoms in total. The van der Waals surface area contributed by atoms with Gasteiger partial charge in [-0.25, -0.2) is 9.37 Å². The van der Waals surface area contributed by atoms with E-state index in [0.29, 0.717) is 35.1 Å². The molecule has 0 aliphatic carbocycles. The highest BCUT2D eigenvalue weighted by Crippen LogP contribution is 2.33. The van der Waals surface area contributed by atoms with E-state index in [1.807, 2.05) is 0 Å². The Kier molecular flexibility index (Phi) is 4.77. The van der Waals surface area contributed by atoms with Crippen LogP contribution >= 0.6 is 23.1 Å². The first-order chi connectivity index (χ1) is 11.0. The third kappa shape index (κ3) is 3.61. The maximum absolute atomic E-state index is 13.8. The number of aromatic nitrogens is 1. The van der Waals surface area contributed by atoms with Crippen LogP contribution in [0, 0.1) is 11.7 Å². The molecule has 1 aliphatic rings. The number of thiazole rings is 1. The Hall–Kier alpha value is -1.73. The van der Waals surface area contributed by atoms with Crippen molar-refractivity contribution in [1.29, 1.82) is 0 Å². The third-order valence-electron chi connectivity index (χ3n) is 3.60. The number of rotatable bonds is 4. The number of hydrogen-bond acceptors (Lipinski definition) is 5. The van der Waals surface area contributed by atoms with Crippen LogP contribution in [0.5, 0.6) is 0 Å². The molecular weight excluding hydrogens is 335 g/mol. The zero-order valence-corrected chi connectivity index (χ0v) is 14.1. The van der Waals surface area contributed by atoms with Gasteiger partial charge in [0.1, 0.15) is 5.82 Å². The Morgan fingerprint density at radius 1 is 1.48 bits per heavy atom. The molecule has 1 fully saturated rings. The minimum atomic E-state index is -0.326. The van der Waals surface area contributed by atoms with Gasteiger partial charge in [0.05, 0.1) is 5.69 Å². The van der Waals surface area contributed by atoms with Crippen LogP contribution in [0.2, 0.25) is 0 Å². The molecule has 3 rings (SSSR count). The summed E-state index contributed by atoms with van der Waals surface area (Å²) >= 11 is 2.58. The number of hydrogen-bond donors (Lipinski definition) is 0. The summed E-state index contributed by atoms with van der Waals surface area (Å²) in [6, 6.07) is 6.46. The van der Waals surface area contributed by atoms with Crippen molar-refractivity contribution in [3.05, 3.63) is 35.5 Å². The number of carbonyl (C=O) groups is 2. The first-order valence-corrected chi connectivity index (χ1v) is 9.05. The molecule has 0 bridgehead atoms. The number of benzene rings is 1. The first-order valence-electron chi connectivity index (χ1n) is 7.18. The van der Waals surface area contributed by atoms with Crippen LogP contribution < -0.4 is 4.90 Å². The second kappa shape index (κ2) is 6.80. The number of nitrogens with zero attached hydrogens (tertiary/aromatic N) is 2. The smallest absolute Gasteiger partial charge is 0.229 e. The average Bonchev–Trinajstić information content (AvgIpc) is 3.12. The van der Waals surface area contributed by atoms with E-state index < -0.39 is 0 Å². The maximum Gasteiger partial charge on any atom is 0.229 e. The summed E-state index contributed by atoms with van der Waals surface area (Å²) in [5, 5.41) is 2.41. The molecule has 2 heterocycles. The molecule has 0 N–H and O–H groups in total. The van der Waals surface area contributed by atoms with Gasteiger partial charge in [0.2, 0.25) is 5.91 Å². The predicted octanol–water partition coefficient (Wildman–Crippen LogP) is 3.58. The number of anilines is 1. The fourth-order valence-corrected chi connectivity index (χ4v) is 4.04. The van der Waals surface area contributed by atoms with E-state index in [9.17, 15) is 14.0 Å². The van der Waals surface area contributed by atoms with Crippen LogP contribution in [0.1, 0.15) is 13.3 Å². The van der Waals surface area contributed by atoms with Crippen LogP contribution in [0.15, 0.2) is 29.6 Å². The van der Waals surface area contributed by atoms with Crippen molar-refractivity contribution in [3.8, 4) is 11.3 Å². The number of amides is 1. The summed E-state index contributed by atoms with van der Waals surface area (Å²) in [6.07, 6.45) is 0.425. The minimum Gasteiger partial charge on any atom is -0.288 e. The Labute approximate surface area is 141 Å². The molecule has 1 unspecified atom stereocenters. The number of thioether (sulfide) groups is 1. The summed E-state index contributed by atoms with van der Waals surface area (Å²) < 4.78 is 13.8. The molecule has 1 aromatic carbocycles. The molecule has 23 heavy (non-hydrogen) atoms. The molecule has 120 valence electrons. The molecule has 0 radical (unpaired) electrons. The minimum absolute atomic E-state index is 0.00795. The fraction of sp³-hybridized carbons (Fsp3) is 0.312. The summed E-state index contributed by atoms with van der Waals surface area (Å²) in [6.45, 7) is 2.09. The highest BCUT2D eigenvalue weighted by molar-refractivity contribution is 8.13. The van der Waals surface area contributed by atoms with Gasteiger partial charge in [-0.3, -0.25) is 14.5 Å². The molecule has 1 saturated heterocycles. The summed E-state index contributed by atoms with van der Waals surface area (Å²) in [5.74, 6) is 0.474. The monoisotopic (exact) mass is 350 g/mol. The van der Waals surface area contributed by atoms with Gasteiger partial charge in [-0.05, 0) is 18.1 Å².